The summed E-state index contributed by atoms with van der Waals surface area (Å²) < 4.78 is 10.0. The molecule has 0 aliphatic carbocycles. The van der Waals surface area contributed by atoms with Gasteiger partial charge in [-0.2, -0.15) is 0 Å². The monoisotopic (exact) mass is 266 g/mol. The molecule has 1 heterocycles. The zero-order valence-corrected chi connectivity index (χ0v) is 10.7. The van der Waals surface area contributed by atoms with Crippen LogP contribution in [-0.4, -0.2) is 22.8 Å². The van der Waals surface area contributed by atoms with Crippen molar-refractivity contribution in [1.29, 1.82) is 0 Å². The number of hydrogen-bond acceptors (Lipinski definition) is 5. The van der Waals surface area contributed by atoms with E-state index in [1.54, 1.807) is 13.0 Å². The summed E-state index contributed by atoms with van der Waals surface area (Å²) in [6.45, 7) is 3.86. The number of aryl methyl sites for hydroxylation is 1. The molecular formula is C12H11ClN2O3. The fraction of sp³-hybridized carbons (Fsp3) is 0.250. The van der Waals surface area contributed by atoms with Crippen LogP contribution >= 0.6 is 11.6 Å². The number of benzene rings is 1. The molecule has 6 heteroatoms. The SMILES string of the molecule is CCOC(=O)c1nnc(-c2cc(C)cc(Cl)c2)o1. The van der Waals surface area contributed by atoms with E-state index < -0.39 is 5.97 Å². The van der Waals surface area contributed by atoms with E-state index in [0.717, 1.165) is 5.56 Å². The molecule has 18 heavy (non-hydrogen) atoms. The Morgan fingerprint density at radius 3 is 2.83 bits per heavy atom. The maximum absolute atomic E-state index is 11.4. The molecule has 0 saturated heterocycles. The van der Waals surface area contributed by atoms with Crippen LogP contribution in [0, 0.1) is 6.92 Å². The summed E-state index contributed by atoms with van der Waals surface area (Å²) in [6.07, 6.45) is 0. The summed E-state index contributed by atoms with van der Waals surface area (Å²) in [4.78, 5) is 11.4. The molecule has 0 aliphatic rings. The lowest BCUT2D eigenvalue weighted by Gasteiger charge is -1.99. The highest BCUT2D eigenvalue weighted by molar-refractivity contribution is 6.30. The van der Waals surface area contributed by atoms with Crippen molar-refractivity contribution >= 4 is 17.6 Å². The van der Waals surface area contributed by atoms with Crippen molar-refractivity contribution in [2.75, 3.05) is 6.61 Å². The molecule has 0 aliphatic heterocycles. The van der Waals surface area contributed by atoms with Crippen LogP contribution in [-0.2, 0) is 4.74 Å². The van der Waals surface area contributed by atoms with Gasteiger partial charge in [-0.05, 0) is 37.6 Å². The zero-order valence-electron chi connectivity index (χ0n) is 9.94. The van der Waals surface area contributed by atoms with Gasteiger partial charge in [0, 0.05) is 10.6 Å². The van der Waals surface area contributed by atoms with Crippen LogP contribution in [0.4, 0.5) is 0 Å². The van der Waals surface area contributed by atoms with Gasteiger partial charge >= 0.3 is 11.9 Å². The minimum Gasteiger partial charge on any atom is -0.459 e. The van der Waals surface area contributed by atoms with Gasteiger partial charge in [0.25, 0.3) is 0 Å². The highest BCUT2D eigenvalue weighted by Crippen LogP contribution is 2.23. The average Bonchev–Trinajstić information content (AvgIpc) is 2.77. The Balaban J connectivity index is 2.32. The lowest BCUT2D eigenvalue weighted by Crippen LogP contribution is -2.04. The van der Waals surface area contributed by atoms with Gasteiger partial charge < -0.3 is 9.15 Å². The van der Waals surface area contributed by atoms with Crippen LogP contribution in [0.25, 0.3) is 11.5 Å². The zero-order chi connectivity index (χ0) is 13.1. The molecule has 0 N–H and O–H groups in total. The van der Waals surface area contributed by atoms with Crippen molar-refractivity contribution in [3.8, 4) is 11.5 Å². The van der Waals surface area contributed by atoms with Gasteiger partial charge in [-0.1, -0.05) is 11.6 Å². The molecule has 2 rings (SSSR count). The van der Waals surface area contributed by atoms with Crippen molar-refractivity contribution in [1.82, 2.24) is 10.2 Å². The van der Waals surface area contributed by atoms with Gasteiger partial charge in [0.2, 0.25) is 5.89 Å². The Morgan fingerprint density at radius 2 is 2.17 bits per heavy atom. The molecule has 0 fully saturated rings. The maximum atomic E-state index is 11.4. The Kier molecular flexibility index (Phi) is 3.62. The highest BCUT2D eigenvalue weighted by Gasteiger charge is 2.17. The van der Waals surface area contributed by atoms with Crippen molar-refractivity contribution in [2.45, 2.75) is 13.8 Å². The number of carbonyl (C=O) groups is 1. The number of esters is 1. The smallest absolute Gasteiger partial charge is 0.396 e. The van der Waals surface area contributed by atoms with E-state index in [1.165, 1.54) is 0 Å². The predicted octanol–water partition coefficient (Wildman–Crippen LogP) is 2.88. The summed E-state index contributed by atoms with van der Waals surface area (Å²) >= 11 is 5.94. The Morgan fingerprint density at radius 1 is 1.39 bits per heavy atom. The van der Waals surface area contributed by atoms with Crippen LogP contribution in [0.3, 0.4) is 0 Å². The topological polar surface area (TPSA) is 65.2 Å². The van der Waals surface area contributed by atoms with E-state index >= 15 is 0 Å². The third-order valence-corrected chi connectivity index (χ3v) is 2.38. The number of halogens is 1. The molecule has 0 radical (unpaired) electrons. The minimum atomic E-state index is -0.630. The summed E-state index contributed by atoms with van der Waals surface area (Å²) in [5, 5.41) is 8.00. The molecule has 1 aromatic carbocycles. The standard InChI is InChI=1S/C12H11ClN2O3/c1-3-17-12(16)11-15-14-10(18-11)8-4-7(2)5-9(13)6-8/h4-6H,3H2,1-2H3. The van der Waals surface area contributed by atoms with Crippen LogP contribution in [0.2, 0.25) is 5.02 Å². The number of ether oxygens (including phenoxy) is 1. The van der Waals surface area contributed by atoms with Gasteiger partial charge in [0.05, 0.1) is 6.61 Å². The third kappa shape index (κ3) is 2.68. The van der Waals surface area contributed by atoms with Gasteiger partial charge in [-0.3, -0.25) is 0 Å². The number of carbonyl (C=O) groups excluding carboxylic acids is 1. The first-order chi connectivity index (χ1) is 8.60. The number of aromatic nitrogens is 2. The van der Waals surface area contributed by atoms with E-state index in [9.17, 15) is 4.79 Å². The van der Waals surface area contributed by atoms with E-state index in [-0.39, 0.29) is 18.4 Å². The summed E-state index contributed by atoms with van der Waals surface area (Å²) in [5.74, 6) is -0.553. The van der Waals surface area contributed by atoms with Crippen molar-refractivity contribution in [3.63, 3.8) is 0 Å². The van der Waals surface area contributed by atoms with Crippen LogP contribution in [0.1, 0.15) is 23.2 Å². The Hall–Kier alpha value is -1.88. The first-order valence-corrected chi connectivity index (χ1v) is 5.76. The lowest BCUT2D eigenvalue weighted by atomic mass is 10.1. The summed E-state index contributed by atoms with van der Waals surface area (Å²) in [6, 6.07) is 5.35. The molecule has 0 atom stereocenters. The molecule has 2 aromatic rings. The second kappa shape index (κ2) is 5.18. The van der Waals surface area contributed by atoms with Crippen molar-refractivity contribution < 1.29 is 13.9 Å². The molecule has 94 valence electrons. The molecule has 0 amide bonds. The number of nitrogens with zero attached hydrogens (tertiary/aromatic N) is 2. The summed E-state index contributed by atoms with van der Waals surface area (Å²) in [7, 11) is 0. The van der Waals surface area contributed by atoms with E-state index in [1.807, 2.05) is 19.1 Å². The lowest BCUT2D eigenvalue weighted by molar-refractivity contribution is 0.0481. The van der Waals surface area contributed by atoms with E-state index in [0.29, 0.717) is 10.6 Å². The van der Waals surface area contributed by atoms with Crippen molar-refractivity contribution in [3.05, 3.63) is 34.7 Å². The van der Waals surface area contributed by atoms with Crippen molar-refractivity contribution in [2.24, 2.45) is 0 Å². The molecule has 0 unspecified atom stereocenters. The molecule has 1 aromatic heterocycles. The highest BCUT2D eigenvalue weighted by atomic mass is 35.5. The molecule has 5 nitrogen and oxygen atoms in total. The maximum Gasteiger partial charge on any atom is 0.396 e. The summed E-state index contributed by atoms with van der Waals surface area (Å²) in [5.41, 5.74) is 1.64. The van der Waals surface area contributed by atoms with Gasteiger partial charge in [-0.25, -0.2) is 4.79 Å². The second-order valence-electron chi connectivity index (χ2n) is 3.65. The normalized spacial score (nSPS) is 10.4. The van der Waals surface area contributed by atoms with Gasteiger partial charge in [0.1, 0.15) is 0 Å². The van der Waals surface area contributed by atoms with Gasteiger partial charge in [0.15, 0.2) is 0 Å². The molecular weight excluding hydrogens is 256 g/mol. The first kappa shape index (κ1) is 12.6. The van der Waals surface area contributed by atoms with Crippen LogP contribution in [0.15, 0.2) is 22.6 Å². The second-order valence-corrected chi connectivity index (χ2v) is 4.09. The van der Waals surface area contributed by atoms with E-state index in [4.69, 9.17) is 20.8 Å². The Bertz CT molecular complexity index is 560. The largest absolute Gasteiger partial charge is 0.459 e. The van der Waals surface area contributed by atoms with Crippen LogP contribution in [0.5, 0.6) is 0 Å². The fourth-order valence-electron chi connectivity index (χ4n) is 1.48. The fourth-order valence-corrected chi connectivity index (χ4v) is 1.76. The molecule has 0 spiro atoms. The predicted molar refractivity (Wildman–Crippen MR) is 65.4 cm³/mol. The van der Waals surface area contributed by atoms with Gasteiger partial charge in [-0.15, -0.1) is 10.2 Å². The van der Waals surface area contributed by atoms with E-state index in [2.05, 4.69) is 10.2 Å². The van der Waals surface area contributed by atoms with Crippen LogP contribution < -0.4 is 0 Å². The minimum absolute atomic E-state index is 0.163. The average molecular weight is 267 g/mol. The number of hydrogen-bond donors (Lipinski definition) is 0. The first-order valence-electron chi connectivity index (χ1n) is 5.38. The molecule has 0 saturated carbocycles. The number of rotatable bonds is 3. The third-order valence-electron chi connectivity index (χ3n) is 2.16. The quantitative estimate of drug-likeness (QED) is 0.799. The Labute approximate surface area is 109 Å². The molecule has 0 bridgehead atoms.